The highest BCUT2D eigenvalue weighted by Crippen LogP contribution is 2.36. The van der Waals surface area contributed by atoms with E-state index in [1.165, 1.54) is 45.5 Å². The molecule has 0 saturated heterocycles. The second-order valence-corrected chi connectivity index (χ2v) is 7.11. The third-order valence-corrected chi connectivity index (χ3v) is 4.34. The summed E-state index contributed by atoms with van der Waals surface area (Å²) in [6.07, 6.45) is 0.885. The summed E-state index contributed by atoms with van der Waals surface area (Å²) < 4.78 is 46.1. The quantitative estimate of drug-likeness (QED) is 0.641. The predicted octanol–water partition coefficient (Wildman–Crippen LogP) is 3.85. The molecule has 3 aromatic rings. The maximum absolute atomic E-state index is 14.1. The van der Waals surface area contributed by atoms with Gasteiger partial charge < -0.3 is 15.2 Å². The van der Waals surface area contributed by atoms with E-state index in [9.17, 15) is 18.3 Å². The lowest BCUT2D eigenvalue weighted by Crippen LogP contribution is -2.30. The molecule has 0 aliphatic heterocycles. The van der Waals surface area contributed by atoms with Gasteiger partial charge in [-0.15, -0.1) is 0 Å². The highest BCUT2D eigenvalue weighted by molar-refractivity contribution is 5.91. The molecule has 0 radical (unpaired) electrons. The molecule has 0 fully saturated rings. The Bertz CT molecular complexity index is 1040. The fourth-order valence-electron chi connectivity index (χ4n) is 2.71. The van der Waals surface area contributed by atoms with Crippen LogP contribution >= 0.6 is 0 Å². The number of methoxy groups -OCH3 is 1. The first-order chi connectivity index (χ1) is 13.5. The van der Waals surface area contributed by atoms with Crippen molar-refractivity contribution in [2.24, 2.45) is 0 Å². The van der Waals surface area contributed by atoms with Crippen LogP contribution in [0.4, 0.5) is 24.8 Å². The summed E-state index contributed by atoms with van der Waals surface area (Å²) >= 11 is 0. The summed E-state index contributed by atoms with van der Waals surface area (Å²) in [6, 6.07) is 2.98. The second kappa shape index (κ2) is 7.43. The lowest BCUT2D eigenvalue weighted by Gasteiger charge is -2.24. The number of aromatic nitrogens is 4. The molecule has 0 spiro atoms. The zero-order valence-corrected chi connectivity index (χ0v) is 16.2. The van der Waals surface area contributed by atoms with Crippen molar-refractivity contribution in [3.8, 4) is 5.88 Å². The average molecular weight is 407 g/mol. The number of aliphatic hydroxyl groups is 1. The Labute approximate surface area is 165 Å². The van der Waals surface area contributed by atoms with Gasteiger partial charge in [0.2, 0.25) is 5.88 Å². The van der Waals surface area contributed by atoms with Crippen LogP contribution in [0.25, 0.3) is 10.8 Å². The van der Waals surface area contributed by atoms with E-state index in [-0.39, 0.29) is 34.3 Å². The van der Waals surface area contributed by atoms with E-state index >= 15 is 0 Å². The first-order valence-electron chi connectivity index (χ1n) is 8.67. The van der Waals surface area contributed by atoms with E-state index in [0.29, 0.717) is 5.39 Å². The van der Waals surface area contributed by atoms with Crippen molar-refractivity contribution in [1.82, 2.24) is 19.9 Å². The molecule has 29 heavy (non-hydrogen) atoms. The van der Waals surface area contributed by atoms with E-state index in [2.05, 4.69) is 25.3 Å². The number of fused-ring (bicyclic) bond motifs is 1. The molecule has 10 heteroatoms. The molecule has 0 aromatic carbocycles. The maximum Gasteiger partial charge on any atom is 0.270 e. The Morgan fingerprint density at radius 1 is 1.07 bits per heavy atom. The Balaban J connectivity index is 2.10. The molecule has 3 rings (SSSR count). The molecule has 3 heterocycles. The molecule has 0 aliphatic rings. The van der Waals surface area contributed by atoms with E-state index < -0.39 is 17.7 Å². The number of hydrogen-bond donors (Lipinski definition) is 2. The first-order valence-corrected chi connectivity index (χ1v) is 8.67. The lowest BCUT2D eigenvalue weighted by atomic mass is 9.93. The molecule has 0 saturated carbocycles. The second-order valence-electron chi connectivity index (χ2n) is 7.11. The fourth-order valence-corrected chi connectivity index (χ4v) is 2.71. The van der Waals surface area contributed by atoms with Crippen LogP contribution in [-0.4, -0.2) is 38.6 Å². The van der Waals surface area contributed by atoms with Crippen LogP contribution in [0.5, 0.6) is 5.88 Å². The molecule has 3 aromatic heterocycles. The molecule has 0 amide bonds. The summed E-state index contributed by atoms with van der Waals surface area (Å²) in [5.74, 6) is 0.681. The van der Waals surface area contributed by atoms with Crippen molar-refractivity contribution in [3.05, 3.63) is 42.1 Å². The molecule has 0 unspecified atom stereocenters. The van der Waals surface area contributed by atoms with Crippen LogP contribution < -0.4 is 10.1 Å². The van der Waals surface area contributed by atoms with Crippen molar-refractivity contribution in [2.75, 3.05) is 12.4 Å². The molecule has 7 nitrogen and oxygen atoms in total. The number of nitrogens with one attached hydrogen (secondary N) is 1. The first kappa shape index (κ1) is 20.7. The summed E-state index contributed by atoms with van der Waals surface area (Å²) in [6.45, 7) is 3.67. The SMILES string of the molecule is COc1ncc([C@](C)(O)C(F)F)c2cc(Nc3ccnc(C(C)(C)F)n3)ncc12. The van der Waals surface area contributed by atoms with Gasteiger partial charge >= 0.3 is 0 Å². The number of nitrogens with zero attached hydrogens (tertiary/aromatic N) is 4. The third kappa shape index (κ3) is 4.07. The molecule has 154 valence electrons. The van der Waals surface area contributed by atoms with Crippen molar-refractivity contribution < 1.29 is 23.0 Å². The maximum atomic E-state index is 14.1. The van der Waals surface area contributed by atoms with Crippen LogP contribution in [0.2, 0.25) is 0 Å². The van der Waals surface area contributed by atoms with Crippen LogP contribution in [0.1, 0.15) is 32.2 Å². The van der Waals surface area contributed by atoms with Gasteiger partial charge in [-0.25, -0.2) is 33.1 Å². The molecule has 2 N–H and O–H groups in total. The molecule has 1 atom stereocenters. The smallest absolute Gasteiger partial charge is 0.270 e. The van der Waals surface area contributed by atoms with Crippen LogP contribution in [0.15, 0.2) is 30.7 Å². The third-order valence-electron chi connectivity index (χ3n) is 4.34. The highest BCUT2D eigenvalue weighted by atomic mass is 19.3. The minimum atomic E-state index is -3.04. The van der Waals surface area contributed by atoms with E-state index in [0.717, 1.165) is 13.1 Å². The van der Waals surface area contributed by atoms with Gasteiger partial charge in [-0.1, -0.05) is 0 Å². The van der Waals surface area contributed by atoms with Crippen LogP contribution in [0, 0.1) is 0 Å². The summed E-state index contributed by atoms with van der Waals surface area (Å²) in [7, 11) is 1.39. The molecular formula is C19H20F3N5O2. The Morgan fingerprint density at radius 3 is 2.41 bits per heavy atom. The summed E-state index contributed by atoms with van der Waals surface area (Å²) in [5.41, 5.74) is -4.25. The van der Waals surface area contributed by atoms with Gasteiger partial charge in [0.05, 0.1) is 12.5 Å². The molecular weight excluding hydrogens is 387 g/mol. The number of pyridine rings is 2. The van der Waals surface area contributed by atoms with E-state index in [1.807, 2.05) is 0 Å². The van der Waals surface area contributed by atoms with Crippen LogP contribution in [-0.2, 0) is 11.3 Å². The standard InChI is InChI=1S/C19H20F3N5O2/c1-18(2,22)17-23-6-5-13(27-17)26-14-7-10-11(8-24-14)15(29-4)25-9-12(10)19(3,28)16(20)21/h5-9,16,28H,1-4H3,(H,23,24,26,27)/t19-/m0/s1. The molecule has 0 bridgehead atoms. The lowest BCUT2D eigenvalue weighted by molar-refractivity contribution is -0.0875. The normalized spacial score (nSPS) is 14.1. The van der Waals surface area contributed by atoms with E-state index in [1.54, 1.807) is 0 Å². The van der Waals surface area contributed by atoms with Crippen LogP contribution in [0.3, 0.4) is 0 Å². The predicted molar refractivity (Wildman–Crippen MR) is 101 cm³/mol. The van der Waals surface area contributed by atoms with Crippen molar-refractivity contribution in [2.45, 2.75) is 38.5 Å². The van der Waals surface area contributed by atoms with Gasteiger partial charge in [-0.3, -0.25) is 0 Å². The Morgan fingerprint density at radius 2 is 1.79 bits per heavy atom. The van der Waals surface area contributed by atoms with Gasteiger partial charge in [0.25, 0.3) is 6.43 Å². The Hall–Kier alpha value is -3.01. The zero-order valence-electron chi connectivity index (χ0n) is 16.2. The van der Waals surface area contributed by atoms with Gasteiger partial charge in [-0.2, -0.15) is 0 Å². The van der Waals surface area contributed by atoms with Gasteiger partial charge in [0.1, 0.15) is 17.2 Å². The number of rotatable bonds is 6. The number of halogens is 3. The largest absolute Gasteiger partial charge is 0.481 e. The average Bonchev–Trinajstić information content (AvgIpc) is 2.66. The minimum absolute atomic E-state index is 0.0181. The number of ether oxygens (including phenoxy) is 1. The molecule has 0 aliphatic carbocycles. The number of hydrogen-bond acceptors (Lipinski definition) is 7. The summed E-state index contributed by atoms with van der Waals surface area (Å²) in [5, 5.41) is 13.8. The minimum Gasteiger partial charge on any atom is -0.481 e. The van der Waals surface area contributed by atoms with Gasteiger partial charge in [0.15, 0.2) is 11.5 Å². The fraction of sp³-hybridized carbons (Fsp3) is 0.368. The number of alkyl halides is 3. The topological polar surface area (TPSA) is 93.1 Å². The van der Waals surface area contributed by atoms with Gasteiger partial charge in [0, 0.05) is 29.5 Å². The zero-order chi connectivity index (χ0) is 21.4. The number of anilines is 2. The van der Waals surface area contributed by atoms with Crippen molar-refractivity contribution in [3.63, 3.8) is 0 Å². The Kier molecular flexibility index (Phi) is 5.31. The summed E-state index contributed by atoms with van der Waals surface area (Å²) in [4.78, 5) is 16.2. The monoisotopic (exact) mass is 407 g/mol. The van der Waals surface area contributed by atoms with E-state index in [4.69, 9.17) is 4.74 Å². The van der Waals surface area contributed by atoms with Crippen molar-refractivity contribution >= 4 is 22.4 Å². The van der Waals surface area contributed by atoms with Crippen molar-refractivity contribution in [1.29, 1.82) is 0 Å². The van der Waals surface area contributed by atoms with Gasteiger partial charge in [-0.05, 0) is 32.9 Å². The highest BCUT2D eigenvalue weighted by Gasteiger charge is 2.36.